The summed E-state index contributed by atoms with van der Waals surface area (Å²) in [4.78, 5) is 12.1. The van der Waals surface area contributed by atoms with Crippen molar-refractivity contribution in [3.8, 4) is 0 Å². The molecule has 38 heavy (non-hydrogen) atoms. The first kappa shape index (κ1) is 35.1. The Kier molecular flexibility index (Phi) is 19.3. The van der Waals surface area contributed by atoms with E-state index >= 15 is 0 Å². The van der Waals surface area contributed by atoms with Crippen molar-refractivity contribution in [2.24, 2.45) is 0 Å². The third-order valence-corrected chi connectivity index (χ3v) is 7.17. The molecule has 0 spiro atoms. The average Bonchev–Trinajstić information content (AvgIpc) is 2.86. The Morgan fingerprint density at radius 1 is 0.789 bits per heavy atom. The molecule has 1 heterocycles. The fraction of sp³-hybridized carbons (Fsp3) is 0.967. The zero-order chi connectivity index (χ0) is 28.2. The number of nitrogens with one attached hydrogen (secondary N) is 2. The minimum absolute atomic E-state index is 0.399. The number of aliphatic hydroxyl groups excluding tert-OH is 2. The zero-order valence-corrected chi connectivity index (χ0v) is 25.1. The number of hydrogen-bond acceptors (Lipinski definition) is 7. The average molecular weight is 545 g/mol. The molecule has 8 heteroatoms. The second-order valence-electron chi connectivity index (χ2n) is 11.9. The molecule has 8 nitrogen and oxygen atoms in total. The Balaban J connectivity index is 2.05. The fourth-order valence-corrected chi connectivity index (χ4v) is 4.94. The minimum atomic E-state index is -1.23. The van der Waals surface area contributed by atoms with Gasteiger partial charge in [-0.05, 0) is 33.7 Å². The van der Waals surface area contributed by atoms with Gasteiger partial charge in [0.15, 0.2) is 6.29 Å². The van der Waals surface area contributed by atoms with Crippen LogP contribution in [0.5, 0.6) is 0 Å². The molecule has 0 aromatic carbocycles. The summed E-state index contributed by atoms with van der Waals surface area (Å²) < 4.78 is 16.4. The Hall–Kier alpha value is -0.930. The van der Waals surface area contributed by atoms with E-state index in [1.807, 2.05) is 0 Å². The number of alkyl carbamates (subject to hydrolysis) is 1. The van der Waals surface area contributed by atoms with Gasteiger partial charge in [0, 0.05) is 13.7 Å². The second kappa shape index (κ2) is 20.9. The van der Waals surface area contributed by atoms with Crippen LogP contribution in [0.4, 0.5) is 4.79 Å². The van der Waals surface area contributed by atoms with Gasteiger partial charge in [0.05, 0.1) is 0 Å². The van der Waals surface area contributed by atoms with Crippen LogP contribution in [0, 0.1) is 0 Å². The van der Waals surface area contributed by atoms with Crippen LogP contribution in [0.3, 0.4) is 0 Å². The molecule has 1 rings (SSSR count). The number of unbranched alkanes of at least 4 members (excludes halogenated alkanes) is 15. The van der Waals surface area contributed by atoms with E-state index < -0.39 is 42.3 Å². The molecule has 1 aliphatic rings. The van der Waals surface area contributed by atoms with Gasteiger partial charge in [-0.2, -0.15) is 0 Å². The summed E-state index contributed by atoms with van der Waals surface area (Å²) in [6.07, 6.45) is 16.9. The topological polar surface area (TPSA) is 109 Å². The minimum Gasteiger partial charge on any atom is -0.444 e. The third-order valence-electron chi connectivity index (χ3n) is 7.17. The molecular formula is C30H60N2O6. The molecular weight excluding hydrogens is 484 g/mol. The normalized spacial score (nSPS) is 23.9. The SMILES string of the molecule is CCCCCCCCCCCCCCCCCCNC[C@H]1O[C@H](OC)[C@H](NC(=O)OC(C)(C)C)[C@@H](O)[C@@H]1O. The maximum atomic E-state index is 12.1. The van der Waals surface area contributed by atoms with Gasteiger partial charge in [-0.1, -0.05) is 103 Å². The van der Waals surface area contributed by atoms with E-state index in [2.05, 4.69) is 17.6 Å². The molecule has 5 atom stereocenters. The zero-order valence-electron chi connectivity index (χ0n) is 25.1. The summed E-state index contributed by atoms with van der Waals surface area (Å²) in [5.41, 5.74) is -0.676. The van der Waals surface area contributed by atoms with Gasteiger partial charge in [0.1, 0.15) is 30.0 Å². The van der Waals surface area contributed by atoms with E-state index in [9.17, 15) is 15.0 Å². The lowest BCUT2D eigenvalue weighted by atomic mass is 9.96. The standard InChI is InChI=1S/C30H60N2O6/c1-6-7-8-9-10-11-12-13-14-15-16-17-18-19-20-21-22-31-23-24-26(33)27(34)25(28(36-5)37-24)32-29(35)38-30(2,3)4/h24-28,31,33-34H,6-23H2,1-5H3,(H,32,35)/t24-,25-,26-,27-,28+/m1/s1. The van der Waals surface area contributed by atoms with E-state index in [4.69, 9.17) is 14.2 Å². The van der Waals surface area contributed by atoms with E-state index in [0.717, 1.165) is 13.0 Å². The molecule has 226 valence electrons. The Labute approximate surface area is 233 Å². The first-order valence-electron chi connectivity index (χ1n) is 15.4. The number of aliphatic hydroxyl groups is 2. The van der Waals surface area contributed by atoms with Gasteiger partial charge < -0.3 is 35.1 Å². The number of methoxy groups -OCH3 is 1. The number of carbonyl (C=O) groups excluding carboxylic acids is 1. The molecule has 0 radical (unpaired) electrons. The number of amides is 1. The summed E-state index contributed by atoms with van der Waals surface area (Å²) in [7, 11) is 1.44. The first-order valence-corrected chi connectivity index (χ1v) is 15.4. The van der Waals surface area contributed by atoms with Crippen LogP contribution in [-0.4, -0.2) is 72.8 Å². The maximum absolute atomic E-state index is 12.1. The van der Waals surface area contributed by atoms with Crippen LogP contribution < -0.4 is 10.6 Å². The van der Waals surface area contributed by atoms with E-state index in [1.165, 1.54) is 103 Å². The summed E-state index contributed by atoms with van der Waals surface area (Å²) >= 11 is 0. The van der Waals surface area contributed by atoms with Gasteiger partial charge in [0.2, 0.25) is 0 Å². The molecule has 4 N–H and O–H groups in total. The van der Waals surface area contributed by atoms with Crippen molar-refractivity contribution < 1.29 is 29.2 Å². The Morgan fingerprint density at radius 3 is 1.71 bits per heavy atom. The molecule has 1 aliphatic heterocycles. The van der Waals surface area contributed by atoms with Crippen molar-refractivity contribution >= 4 is 6.09 Å². The fourth-order valence-electron chi connectivity index (χ4n) is 4.94. The highest BCUT2D eigenvalue weighted by atomic mass is 16.7. The number of ether oxygens (including phenoxy) is 3. The maximum Gasteiger partial charge on any atom is 0.408 e. The largest absolute Gasteiger partial charge is 0.444 e. The summed E-state index contributed by atoms with van der Waals surface area (Å²) in [6.45, 7) is 8.77. The van der Waals surface area contributed by atoms with Crippen molar-refractivity contribution in [2.45, 2.75) is 167 Å². The molecule has 1 amide bonds. The highest BCUT2D eigenvalue weighted by Gasteiger charge is 2.45. The van der Waals surface area contributed by atoms with Crippen LogP contribution in [-0.2, 0) is 14.2 Å². The summed E-state index contributed by atoms with van der Waals surface area (Å²) in [5, 5.41) is 27.0. The van der Waals surface area contributed by atoms with E-state index in [1.54, 1.807) is 20.8 Å². The van der Waals surface area contributed by atoms with Crippen molar-refractivity contribution in [1.29, 1.82) is 0 Å². The lowest BCUT2D eigenvalue weighted by molar-refractivity contribution is -0.254. The lowest BCUT2D eigenvalue weighted by Crippen LogP contribution is -2.65. The summed E-state index contributed by atoms with van der Waals surface area (Å²) in [6, 6.07) is -0.929. The molecule has 1 fully saturated rings. The molecule has 0 bridgehead atoms. The van der Waals surface area contributed by atoms with Crippen LogP contribution in [0.15, 0.2) is 0 Å². The molecule has 0 aromatic rings. The van der Waals surface area contributed by atoms with Crippen molar-refractivity contribution in [3.63, 3.8) is 0 Å². The predicted octanol–water partition coefficient (Wildman–Crippen LogP) is 5.82. The predicted molar refractivity (Wildman–Crippen MR) is 153 cm³/mol. The number of hydrogen-bond donors (Lipinski definition) is 4. The first-order chi connectivity index (χ1) is 18.2. The van der Waals surface area contributed by atoms with Crippen molar-refractivity contribution in [3.05, 3.63) is 0 Å². The van der Waals surface area contributed by atoms with Crippen LogP contribution in [0.25, 0.3) is 0 Å². The van der Waals surface area contributed by atoms with Gasteiger partial charge >= 0.3 is 6.09 Å². The van der Waals surface area contributed by atoms with Crippen LogP contribution in [0.1, 0.15) is 130 Å². The molecule has 0 saturated carbocycles. The number of carbonyl (C=O) groups is 1. The highest BCUT2D eigenvalue weighted by molar-refractivity contribution is 5.68. The Morgan fingerprint density at radius 2 is 1.26 bits per heavy atom. The van der Waals surface area contributed by atoms with E-state index in [-0.39, 0.29) is 0 Å². The summed E-state index contributed by atoms with van der Waals surface area (Å²) in [5.74, 6) is 0. The van der Waals surface area contributed by atoms with Crippen molar-refractivity contribution in [1.82, 2.24) is 10.6 Å². The Bertz CT molecular complexity index is 584. The van der Waals surface area contributed by atoms with Crippen LogP contribution >= 0.6 is 0 Å². The lowest BCUT2D eigenvalue weighted by Gasteiger charge is -2.42. The van der Waals surface area contributed by atoms with Gasteiger partial charge in [-0.3, -0.25) is 0 Å². The third kappa shape index (κ3) is 16.2. The van der Waals surface area contributed by atoms with Crippen LogP contribution in [0.2, 0.25) is 0 Å². The monoisotopic (exact) mass is 544 g/mol. The second-order valence-corrected chi connectivity index (χ2v) is 11.9. The van der Waals surface area contributed by atoms with Gasteiger partial charge in [-0.15, -0.1) is 0 Å². The molecule has 0 aromatic heterocycles. The molecule has 0 unspecified atom stereocenters. The quantitative estimate of drug-likeness (QED) is 0.135. The highest BCUT2D eigenvalue weighted by Crippen LogP contribution is 2.22. The van der Waals surface area contributed by atoms with Gasteiger partial charge in [-0.25, -0.2) is 4.79 Å². The van der Waals surface area contributed by atoms with E-state index in [0.29, 0.717) is 6.54 Å². The molecule has 0 aliphatic carbocycles. The van der Waals surface area contributed by atoms with Crippen molar-refractivity contribution in [2.75, 3.05) is 20.2 Å². The number of rotatable bonds is 21. The smallest absolute Gasteiger partial charge is 0.408 e. The van der Waals surface area contributed by atoms with Gasteiger partial charge in [0.25, 0.3) is 0 Å². The molecule has 1 saturated heterocycles.